The standard InChI is InChI=1S/C25H39N3O2/c1-30-15-14-28(25(29)20-26-11-5-2-6-12-26)19-21-8-7-13-27(18-21)24-16-22-9-3-4-10-23(22)17-24/h3-4,9-10,21,24H,2,5-8,11-20H2,1H3/t21-/m1/s1. The van der Waals surface area contributed by atoms with E-state index in [4.69, 9.17) is 4.74 Å². The maximum atomic E-state index is 13.1. The number of amides is 1. The lowest BCUT2D eigenvalue weighted by Gasteiger charge is -2.39. The van der Waals surface area contributed by atoms with Crippen molar-refractivity contribution in [2.45, 2.75) is 51.0 Å². The summed E-state index contributed by atoms with van der Waals surface area (Å²) in [6.07, 6.45) is 8.61. The molecule has 1 aromatic rings. The molecule has 2 aliphatic heterocycles. The van der Waals surface area contributed by atoms with Crippen LogP contribution in [0.5, 0.6) is 0 Å². The summed E-state index contributed by atoms with van der Waals surface area (Å²) in [6.45, 7) is 7.28. The molecule has 2 heterocycles. The molecule has 2 fully saturated rings. The van der Waals surface area contributed by atoms with E-state index in [1.165, 1.54) is 62.6 Å². The summed E-state index contributed by atoms with van der Waals surface area (Å²) in [5.74, 6) is 0.865. The van der Waals surface area contributed by atoms with Crippen molar-refractivity contribution in [3.8, 4) is 0 Å². The minimum atomic E-state index is 0.291. The highest BCUT2D eigenvalue weighted by atomic mass is 16.5. The van der Waals surface area contributed by atoms with Crippen molar-refractivity contribution >= 4 is 5.91 Å². The van der Waals surface area contributed by atoms with E-state index < -0.39 is 0 Å². The van der Waals surface area contributed by atoms with Crippen molar-refractivity contribution in [1.82, 2.24) is 14.7 Å². The van der Waals surface area contributed by atoms with E-state index in [-0.39, 0.29) is 0 Å². The number of carbonyl (C=O) groups excluding carboxylic acids is 1. The number of piperidine rings is 2. The van der Waals surface area contributed by atoms with Gasteiger partial charge in [0.2, 0.25) is 5.91 Å². The normalized spacial score (nSPS) is 23.4. The summed E-state index contributed by atoms with van der Waals surface area (Å²) in [6, 6.07) is 9.57. The number of carbonyl (C=O) groups is 1. The molecule has 30 heavy (non-hydrogen) atoms. The monoisotopic (exact) mass is 413 g/mol. The van der Waals surface area contributed by atoms with Gasteiger partial charge in [-0.05, 0) is 75.2 Å². The average Bonchev–Trinajstić information content (AvgIpc) is 3.22. The second-order valence-electron chi connectivity index (χ2n) is 9.50. The van der Waals surface area contributed by atoms with Crippen molar-refractivity contribution in [3.05, 3.63) is 35.4 Å². The Hall–Kier alpha value is -1.43. The molecule has 0 aromatic heterocycles. The molecule has 0 radical (unpaired) electrons. The number of nitrogens with zero attached hydrogens (tertiary/aromatic N) is 3. The third-order valence-electron chi connectivity index (χ3n) is 7.30. The molecule has 0 saturated carbocycles. The number of fused-ring (bicyclic) bond motifs is 1. The Morgan fingerprint density at radius 2 is 1.80 bits per heavy atom. The van der Waals surface area contributed by atoms with Gasteiger partial charge >= 0.3 is 0 Å². The smallest absolute Gasteiger partial charge is 0.236 e. The van der Waals surface area contributed by atoms with Crippen LogP contribution in [-0.4, -0.2) is 86.2 Å². The first-order valence-electron chi connectivity index (χ1n) is 12.0. The number of likely N-dealkylation sites (tertiary alicyclic amines) is 2. The Labute approximate surface area is 182 Å². The minimum Gasteiger partial charge on any atom is -0.383 e. The molecule has 5 nitrogen and oxygen atoms in total. The maximum absolute atomic E-state index is 13.1. The number of ether oxygens (including phenoxy) is 1. The summed E-state index contributed by atoms with van der Waals surface area (Å²) in [5, 5.41) is 0. The van der Waals surface area contributed by atoms with Crippen LogP contribution in [0.1, 0.15) is 43.2 Å². The number of rotatable bonds is 8. The molecule has 166 valence electrons. The molecule has 1 atom stereocenters. The third-order valence-corrected chi connectivity index (χ3v) is 7.30. The van der Waals surface area contributed by atoms with E-state index in [2.05, 4.69) is 39.0 Å². The fourth-order valence-corrected chi connectivity index (χ4v) is 5.61. The van der Waals surface area contributed by atoms with Crippen LogP contribution in [-0.2, 0) is 22.4 Å². The molecule has 0 bridgehead atoms. The van der Waals surface area contributed by atoms with Gasteiger partial charge in [-0.15, -0.1) is 0 Å². The van der Waals surface area contributed by atoms with Gasteiger partial charge in [-0.3, -0.25) is 14.6 Å². The van der Waals surface area contributed by atoms with E-state index in [1.807, 2.05) is 0 Å². The predicted molar refractivity (Wildman–Crippen MR) is 121 cm³/mol. The average molecular weight is 414 g/mol. The number of hydrogen-bond acceptors (Lipinski definition) is 4. The molecular weight excluding hydrogens is 374 g/mol. The first kappa shape index (κ1) is 21.8. The minimum absolute atomic E-state index is 0.291. The molecule has 1 aromatic carbocycles. The van der Waals surface area contributed by atoms with E-state index in [0.717, 1.165) is 26.2 Å². The van der Waals surface area contributed by atoms with E-state index in [0.29, 0.717) is 37.6 Å². The third kappa shape index (κ3) is 5.63. The second kappa shape index (κ2) is 10.7. The summed E-state index contributed by atoms with van der Waals surface area (Å²) < 4.78 is 5.32. The van der Waals surface area contributed by atoms with Gasteiger partial charge in [-0.2, -0.15) is 0 Å². The maximum Gasteiger partial charge on any atom is 0.236 e. The fourth-order valence-electron chi connectivity index (χ4n) is 5.61. The summed E-state index contributed by atoms with van der Waals surface area (Å²) in [5.41, 5.74) is 3.06. The lowest BCUT2D eigenvalue weighted by molar-refractivity contribution is -0.134. The molecule has 3 aliphatic rings. The molecule has 5 heteroatoms. The van der Waals surface area contributed by atoms with Gasteiger partial charge in [0.1, 0.15) is 0 Å². The molecule has 1 aliphatic carbocycles. The topological polar surface area (TPSA) is 36.0 Å². The Morgan fingerprint density at radius 1 is 1.07 bits per heavy atom. The zero-order valence-electron chi connectivity index (χ0n) is 18.7. The highest BCUT2D eigenvalue weighted by Crippen LogP contribution is 2.29. The Kier molecular flexibility index (Phi) is 7.80. The van der Waals surface area contributed by atoms with Crippen molar-refractivity contribution < 1.29 is 9.53 Å². The Bertz CT molecular complexity index is 664. The molecule has 0 spiro atoms. The van der Waals surface area contributed by atoms with Crippen LogP contribution in [0.4, 0.5) is 0 Å². The van der Waals surface area contributed by atoms with Crippen LogP contribution in [0.2, 0.25) is 0 Å². The van der Waals surface area contributed by atoms with Crippen molar-refractivity contribution in [1.29, 1.82) is 0 Å². The molecule has 0 unspecified atom stereocenters. The second-order valence-corrected chi connectivity index (χ2v) is 9.50. The molecule has 2 saturated heterocycles. The molecular formula is C25H39N3O2. The zero-order chi connectivity index (χ0) is 20.8. The highest BCUT2D eigenvalue weighted by Gasteiger charge is 2.31. The van der Waals surface area contributed by atoms with Gasteiger partial charge < -0.3 is 9.64 Å². The van der Waals surface area contributed by atoms with Crippen molar-refractivity contribution in [2.24, 2.45) is 5.92 Å². The molecule has 0 N–H and O–H groups in total. The largest absolute Gasteiger partial charge is 0.383 e. The summed E-state index contributed by atoms with van der Waals surface area (Å²) in [4.78, 5) is 20.2. The first-order chi connectivity index (χ1) is 14.7. The SMILES string of the molecule is COCCN(C[C@@H]1CCCN(C2Cc3ccccc3C2)C1)C(=O)CN1CCCCC1. The summed E-state index contributed by atoms with van der Waals surface area (Å²) >= 11 is 0. The van der Waals surface area contributed by atoms with Gasteiger partial charge in [0.25, 0.3) is 0 Å². The predicted octanol–water partition coefficient (Wildman–Crippen LogP) is 2.83. The van der Waals surface area contributed by atoms with E-state index >= 15 is 0 Å². The summed E-state index contributed by atoms with van der Waals surface area (Å²) in [7, 11) is 1.73. The van der Waals surface area contributed by atoms with Crippen molar-refractivity contribution in [2.75, 3.05) is 59.5 Å². The van der Waals surface area contributed by atoms with Gasteiger partial charge in [-0.25, -0.2) is 0 Å². The van der Waals surface area contributed by atoms with Crippen LogP contribution in [0.15, 0.2) is 24.3 Å². The van der Waals surface area contributed by atoms with E-state index in [1.54, 1.807) is 7.11 Å². The number of methoxy groups -OCH3 is 1. The Balaban J connectivity index is 1.32. The van der Waals surface area contributed by atoms with Gasteiger partial charge in [0.15, 0.2) is 0 Å². The molecule has 4 rings (SSSR count). The number of hydrogen-bond donors (Lipinski definition) is 0. The quantitative estimate of drug-likeness (QED) is 0.657. The lowest BCUT2D eigenvalue weighted by Crippen LogP contribution is -2.49. The van der Waals surface area contributed by atoms with Crippen LogP contribution in [0, 0.1) is 5.92 Å². The van der Waals surface area contributed by atoms with Crippen molar-refractivity contribution in [3.63, 3.8) is 0 Å². The molecule has 1 amide bonds. The lowest BCUT2D eigenvalue weighted by atomic mass is 9.95. The van der Waals surface area contributed by atoms with Gasteiger partial charge in [-0.1, -0.05) is 30.7 Å². The number of benzene rings is 1. The van der Waals surface area contributed by atoms with Gasteiger partial charge in [0, 0.05) is 32.8 Å². The fraction of sp³-hybridized carbons (Fsp3) is 0.720. The van der Waals surface area contributed by atoms with Gasteiger partial charge in [0.05, 0.1) is 13.2 Å². The Morgan fingerprint density at radius 3 is 2.50 bits per heavy atom. The van der Waals surface area contributed by atoms with Crippen LogP contribution < -0.4 is 0 Å². The highest BCUT2D eigenvalue weighted by molar-refractivity contribution is 5.78. The first-order valence-corrected chi connectivity index (χ1v) is 12.0. The van der Waals surface area contributed by atoms with Crippen LogP contribution in [0.25, 0.3) is 0 Å². The van der Waals surface area contributed by atoms with Crippen LogP contribution >= 0.6 is 0 Å². The van der Waals surface area contributed by atoms with E-state index in [9.17, 15) is 4.79 Å². The van der Waals surface area contributed by atoms with Crippen LogP contribution in [0.3, 0.4) is 0 Å². The zero-order valence-corrected chi connectivity index (χ0v) is 18.7.